The summed E-state index contributed by atoms with van der Waals surface area (Å²) < 4.78 is 5.94. The van der Waals surface area contributed by atoms with Crippen molar-refractivity contribution in [3.05, 3.63) is 65.7 Å². The number of nitrogens with zero attached hydrogens (tertiary/aromatic N) is 1. The molecule has 4 nitrogen and oxygen atoms in total. The topological polar surface area (TPSA) is 52.9 Å². The van der Waals surface area contributed by atoms with Crippen LogP contribution in [0, 0.1) is 0 Å². The lowest BCUT2D eigenvalue weighted by atomic mass is 9.85. The molecule has 2 aromatic rings. The quantitative estimate of drug-likeness (QED) is 0.848. The van der Waals surface area contributed by atoms with Crippen LogP contribution in [0.3, 0.4) is 0 Å². The lowest BCUT2D eigenvalue weighted by molar-refractivity contribution is -0.146. The third-order valence-corrected chi connectivity index (χ3v) is 5.10. The Labute approximate surface area is 149 Å². The van der Waals surface area contributed by atoms with Gasteiger partial charge in [-0.2, -0.15) is 0 Å². The molecule has 0 bridgehead atoms. The standard InChI is InChI=1S/C21H27NO3/c1-2-21(24,14-18-10-6-7-11-19(18)23)20-16-22(12-13-25-20)15-17-8-4-3-5-9-17/h3-11,20,23-24H,2,12-16H2,1H3. The Morgan fingerprint density at radius 1 is 1.12 bits per heavy atom. The van der Waals surface area contributed by atoms with Gasteiger partial charge in [0.2, 0.25) is 0 Å². The summed E-state index contributed by atoms with van der Waals surface area (Å²) in [5, 5.41) is 21.3. The molecule has 0 aromatic heterocycles. The molecule has 2 unspecified atom stereocenters. The van der Waals surface area contributed by atoms with Crippen LogP contribution in [0.25, 0.3) is 0 Å². The van der Waals surface area contributed by atoms with E-state index < -0.39 is 5.60 Å². The second kappa shape index (κ2) is 8.00. The molecule has 0 spiro atoms. The minimum Gasteiger partial charge on any atom is -0.508 e. The van der Waals surface area contributed by atoms with E-state index in [2.05, 4.69) is 17.0 Å². The van der Waals surface area contributed by atoms with Crippen LogP contribution in [-0.4, -0.2) is 46.5 Å². The molecule has 1 fully saturated rings. The lowest BCUT2D eigenvalue weighted by Crippen LogP contribution is -2.55. The molecule has 0 saturated carbocycles. The number of rotatable bonds is 6. The van der Waals surface area contributed by atoms with Crippen molar-refractivity contribution in [2.24, 2.45) is 0 Å². The number of para-hydroxylation sites is 1. The molecule has 2 aromatic carbocycles. The second-order valence-electron chi connectivity index (χ2n) is 6.84. The number of hydrogen-bond donors (Lipinski definition) is 2. The molecule has 134 valence electrons. The highest BCUT2D eigenvalue weighted by molar-refractivity contribution is 5.33. The Bertz CT molecular complexity index is 676. The van der Waals surface area contributed by atoms with Crippen LogP contribution in [0.2, 0.25) is 0 Å². The third-order valence-electron chi connectivity index (χ3n) is 5.10. The highest BCUT2D eigenvalue weighted by Crippen LogP contribution is 2.30. The second-order valence-corrected chi connectivity index (χ2v) is 6.84. The minimum atomic E-state index is -0.992. The highest BCUT2D eigenvalue weighted by atomic mass is 16.5. The van der Waals surface area contributed by atoms with Crippen molar-refractivity contribution in [2.75, 3.05) is 19.7 Å². The van der Waals surface area contributed by atoms with E-state index in [-0.39, 0.29) is 11.9 Å². The SMILES string of the molecule is CCC(O)(Cc1ccccc1O)C1CN(Cc2ccccc2)CCO1. The molecule has 2 N–H and O–H groups in total. The Balaban J connectivity index is 1.70. The van der Waals surface area contributed by atoms with Gasteiger partial charge in [-0.15, -0.1) is 0 Å². The summed E-state index contributed by atoms with van der Waals surface area (Å²) in [7, 11) is 0. The van der Waals surface area contributed by atoms with Crippen molar-refractivity contribution >= 4 is 0 Å². The average molecular weight is 341 g/mol. The van der Waals surface area contributed by atoms with Crippen LogP contribution in [-0.2, 0) is 17.7 Å². The van der Waals surface area contributed by atoms with Crippen LogP contribution < -0.4 is 0 Å². The molecule has 0 radical (unpaired) electrons. The Morgan fingerprint density at radius 3 is 2.56 bits per heavy atom. The fourth-order valence-electron chi connectivity index (χ4n) is 3.47. The fraction of sp³-hybridized carbons (Fsp3) is 0.429. The summed E-state index contributed by atoms with van der Waals surface area (Å²) in [5.41, 5.74) is 1.04. The van der Waals surface area contributed by atoms with E-state index in [9.17, 15) is 10.2 Å². The van der Waals surface area contributed by atoms with Gasteiger partial charge in [0.05, 0.1) is 18.3 Å². The van der Waals surface area contributed by atoms with E-state index in [1.807, 2.05) is 37.3 Å². The van der Waals surface area contributed by atoms with Gasteiger partial charge in [-0.1, -0.05) is 55.5 Å². The molecule has 0 aliphatic carbocycles. The highest BCUT2D eigenvalue weighted by Gasteiger charge is 2.39. The molecule has 1 heterocycles. The van der Waals surface area contributed by atoms with E-state index in [1.165, 1.54) is 5.56 Å². The van der Waals surface area contributed by atoms with E-state index in [0.29, 0.717) is 26.0 Å². The summed E-state index contributed by atoms with van der Waals surface area (Å²) in [6.45, 7) is 4.99. The van der Waals surface area contributed by atoms with Crippen molar-refractivity contribution in [3.63, 3.8) is 0 Å². The molecule has 1 aliphatic rings. The molecule has 3 rings (SSSR count). The van der Waals surface area contributed by atoms with Crippen LogP contribution in [0.15, 0.2) is 54.6 Å². The Kier molecular flexibility index (Phi) is 5.74. The molecule has 4 heteroatoms. The number of phenols is 1. The van der Waals surface area contributed by atoms with Gasteiger partial charge in [0.25, 0.3) is 0 Å². The third kappa shape index (κ3) is 4.40. The van der Waals surface area contributed by atoms with E-state index in [0.717, 1.165) is 18.7 Å². The monoisotopic (exact) mass is 341 g/mol. The maximum Gasteiger partial charge on any atom is 0.118 e. The molecule has 25 heavy (non-hydrogen) atoms. The van der Waals surface area contributed by atoms with Crippen molar-refractivity contribution < 1.29 is 14.9 Å². The molecule has 1 saturated heterocycles. The van der Waals surface area contributed by atoms with Crippen LogP contribution >= 0.6 is 0 Å². The normalized spacial score (nSPS) is 21.0. The number of phenolic OH excluding ortho intramolecular Hbond substituents is 1. The molecule has 2 atom stereocenters. The first kappa shape index (κ1) is 17.9. The van der Waals surface area contributed by atoms with Gasteiger partial charge in [-0.25, -0.2) is 0 Å². The number of aromatic hydroxyl groups is 1. The van der Waals surface area contributed by atoms with Crippen molar-refractivity contribution in [1.29, 1.82) is 0 Å². The summed E-state index contributed by atoms with van der Waals surface area (Å²) in [4.78, 5) is 2.33. The van der Waals surface area contributed by atoms with Crippen molar-refractivity contribution in [3.8, 4) is 5.75 Å². The van der Waals surface area contributed by atoms with Gasteiger partial charge in [0.1, 0.15) is 5.75 Å². The average Bonchev–Trinajstić information content (AvgIpc) is 2.65. The summed E-state index contributed by atoms with van der Waals surface area (Å²) in [6, 6.07) is 17.6. The first-order valence-corrected chi connectivity index (χ1v) is 8.98. The zero-order valence-corrected chi connectivity index (χ0v) is 14.8. The summed E-state index contributed by atoms with van der Waals surface area (Å²) in [5.74, 6) is 0.228. The maximum atomic E-state index is 11.2. The number of ether oxygens (including phenoxy) is 1. The van der Waals surface area contributed by atoms with Gasteiger partial charge in [0, 0.05) is 26.1 Å². The Hall–Kier alpha value is -1.88. The zero-order chi connectivity index (χ0) is 17.7. The van der Waals surface area contributed by atoms with Gasteiger partial charge in [-0.3, -0.25) is 4.90 Å². The zero-order valence-electron chi connectivity index (χ0n) is 14.8. The maximum absolute atomic E-state index is 11.2. The molecule has 0 amide bonds. The van der Waals surface area contributed by atoms with Gasteiger partial charge >= 0.3 is 0 Å². The molecular weight excluding hydrogens is 314 g/mol. The lowest BCUT2D eigenvalue weighted by Gasteiger charge is -2.42. The van der Waals surface area contributed by atoms with Crippen LogP contribution in [0.1, 0.15) is 24.5 Å². The predicted octanol–water partition coefficient (Wildman–Crippen LogP) is 2.98. The Morgan fingerprint density at radius 2 is 1.84 bits per heavy atom. The largest absolute Gasteiger partial charge is 0.508 e. The van der Waals surface area contributed by atoms with E-state index in [4.69, 9.17) is 4.74 Å². The minimum absolute atomic E-state index is 0.228. The smallest absolute Gasteiger partial charge is 0.118 e. The van der Waals surface area contributed by atoms with Gasteiger partial charge < -0.3 is 14.9 Å². The summed E-state index contributed by atoms with van der Waals surface area (Å²) in [6.07, 6.45) is 0.695. The van der Waals surface area contributed by atoms with E-state index >= 15 is 0 Å². The number of benzene rings is 2. The summed E-state index contributed by atoms with van der Waals surface area (Å²) >= 11 is 0. The molecular formula is C21H27NO3. The van der Waals surface area contributed by atoms with Crippen molar-refractivity contribution in [2.45, 2.75) is 38.0 Å². The fourth-order valence-corrected chi connectivity index (χ4v) is 3.47. The van der Waals surface area contributed by atoms with Gasteiger partial charge in [-0.05, 0) is 23.6 Å². The number of aliphatic hydroxyl groups is 1. The number of morpholine rings is 1. The van der Waals surface area contributed by atoms with E-state index in [1.54, 1.807) is 12.1 Å². The van der Waals surface area contributed by atoms with Gasteiger partial charge in [0.15, 0.2) is 0 Å². The molecule has 1 aliphatic heterocycles. The first-order valence-electron chi connectivity index (χ1n) is 8.98. The first-order chi connectivity index (χ1) is 12.1. The van der Waals surface area contributed by atoms with Crippen molar-refractivity contribution in [1.82, 2.24) is 4.90 Å². The van der Waals surface area contributed by atoms with Crippen LogP contribution in [0.5, 0.6) is 5.75 Å². The van der Waals surface area contributed by atoms with Crippen LogP contribution in [0.4, 0.5) is 0 Å². The number of hydrogen-bond acceptors (Lipinski definition) is 4. The predicted molar refractivity (Wildman–Crippen MR) is 98.5 cm³/mol.